The number of nitro groups is 1. The number of aromatic nitrogens is 5. The minimum absolute atomic E-state index is 0.0151. The van der Waals surface area contributed by atoms with E-state index in [0.717, 1.165) is 0 Å². The highest BCUT2D eigenvalue weighted by Crippen LogP contribution is 2.22. The van der Waals surface area contributed by atoms with E-state index in [2.05, 4.69) is 15.1 Å². The molecule has 25 heavy (non-hydrogen) atoms. The van der Waals surface area contributed by atoms with E-state index in [0.29, 0.717) is 33.6 Å². The van der Waals surface area contributed by atoms with Gasteiger partial charge >= 0.3 is 0 Å². The van der Waals surface area contributed by atoms with Gasteiger partial charge in [0, 0.05) is 24.0 Å². The first-order chi connectivity index (χ1) is 12.0. The van der Waals surface area contributed by atoms with E-state index >= 15 is 0 Å². The number of rotatable bonds is 2. The fraction of sp³-hybridized carbons (Fsp3) is 0.125. The summed E-state index contributed by atoms with van der Waals surface area (Å²) in [5.41, 5.74) is 2.23. The largest absolute Gasteiger partial charge is 0.281 e. The van der Waals surface area contributed by atoms with Crippen LogP contribution in [0.15, 0.2) is 41.6 Å². The normalized spacial score (nSPS) is 11.3. The zero-order valence-electron chi connectivity index (χ0n) is 13.4. The predicted molar refractivity (Wildman–Crippen MR) is 90.0 cm³/mol. The Hall–Kier alpha value is -3.62. The van der Waals surface area contributed by atoms with Crippen LogP contribution in [0.2, 0.25) is 0 Å². The molecule has 0 fully saturated rings. The van der Waals surface area contributed by atoms with Gasteiger partial charge in [0.25, 0.3) is 17.0 Å². The highest BCUT2D eigenvalue weighted by Gasteiger charge is 2.15. The molecule has 9 heteroatoms. The number of hydrogen-bond donors (Lipinski definition) is 0. The van der Waals surface area contributed by atoms with Crippen molar-refractivity contribution in [3.05, 3.63) is 68.5 Å². The molecular weight excluding hydrogens is 324 g/mol. The van der Waals surface area contributed by atoms with Crippen LogP contribution in [0.3, 0.4) is 0 Å². The SMILES string of the molecule is Cc1cc([N+](=O)[O-])ccc1-n1c(C)cc2c(cnc3ncnn32)c1=O. The highest BCUT2D eigenvalue weighted by molar-refractivity contribution is 5.79. The lowest BCUT2D eigenvalue weighted by Gasteiger charge is -2.14. The maximum Gasteiger partial charge on any atom is 0.269 e. The summed E-state index contributed by atoms with van der Waals surface area (Å²) in [6.07, 6.45) is 2.85. The summed E-state index contributed by atoms with van der Waals surface area (Å²) in [7, 11) is 0. The van der Waals surface area contributed by atoms with Crippen molar-refractivity contribution in [2.24, 2.45) is 0 Å². The molecule has 0 aliphatic rings. The van der Waals surface area contributed by atoms with Crippen LogP contribution in [0.5, 0.6) is 0 Å². The first-order valence-electron chi connectivity index (χ1n) is 7.44. The molecule has 9 nitrogen and oxygen atoms in total. The number of aryl methyl sites for hydroxylation is 2. The minimum atomic E-state index is -0.460. The first-order valence-corrected chi connectivity index (χ1v) is 7.44. The van der Waals surface area contributed by atoms with Crippen LogP contribution in [0, 0.1) is 24.0 Å². The van der Waals surface area contributed by atoms with Crippen molar-refractivity contribution < 1.29 is 4.92 Å². The third kappa shape index (κ3) is 2.17. The molecule has 4 rings (SSSR count). The molecular formula is C16H12N6O3. The van der Waals surface area contributed by atoms with Gasteiger partial charge in [-0.15, -0.1) is 0 Å². The van der Waals surface area contributed by atoms with Crippen LogP contribution < -0.4 is 5.56 Å². The number of nitrogens with zero attached hydrogens (tertiary/aromatic N) is 6. The van der Waals surface area contributed by atoms with Gasteiger partial charge < -0.3 is 0 Å². The number of hydrogen-bond acceptors (Lipinski definition) is 6. The summed E-state index contributed by atoms with van der Waals surface area (Å²) in [4.78, 5) is 31.6. The second kappa shape index (κ2) is 5.20. The van der Waals surface area contributed by atoms with Gasteiger partial charge in [-0.2, -0.15) is 14.6 Å². The number of benzene rings is 1. The lowest BCUT2D eigenvalue weighted by atomic mass is 10.1. The maximum atomic E-state index is 13.0. The second-order valence-electron chi connectivity index (χ2n) is 5.68. The molecule has 0 saturated carbocycles. The summed E-state index contributed by atoms with van der Waals surface area (Å²) in [6, 6.07) is 6.23. The van der Waals surface area contributed by atoms with E-state index in [-0.39, 0.29) is 11.2 Å². The molecule has 3 heterocycles. The monoisotopic (exact) mass is 336 g/mol. The fourth-order valence-electron chi connectivity index (χ4n) is 2.95. The van der Waals surface area contributed by atoms with Crippen molar-refractivity contribution in [2.45, 2.75) is 13.8 Å². The predicted octanol–water partition coefficient (Wildman–Crippen LogP) is 1.95. The molecule has 0 unspecified atom stereocenters. The Bertz CT molecular complexity index is 1220. The van der Waals surface area contributed by atoms with Gasteiger partial charge in [0.15, 0.2) is 0 Å². The number of nitro benzene ring substituents is 1. The van der Waals surface area contributed by atoms with Gasteiger partial charge in [0.1, 0.15) is 6.33 Å². The summed E-state index contributed by atoms with van der Waals surface area (Å²) in [5.74, 6) is 0.413. The molecule has 0 atom stereocenters. The molecule has 0 N–H and O–H groups in total. The van der Waals surface area contributed by atoms with E-state index in [1.165, 1.54) is 33.7 Å². The Morgan fingerprint density at radius 2 is 1.96 bits per heavy atom. The smallest absolute Gasteiger partial charge is 0.269 e. The third-order valence-corrected chi connectivity index (χ3v) is 4.11. The number of fused-ring (bicyclic) bond motifs is 3. The first kappa shape index (κ1) is 14.9. The van der Waals surface area contributed by atoms with Crippen molar-refractivity contribution in [3.8, 4) is 5.69 Å². The molecule has 0 radical (unpaired) electrons. The molecule has 3 aromatic heterocycles. The lowest BCUT2D eigenvalue weighted by Crippen LogP contribution is -2.22. The Balaban J connectivity index is 2.04. The molecule has 0 aliphatic heterocycles. The van der Waals surface area contributed by atoms with E-state index in [9.17, 15) is 14.9 Å². The van der Waals surface area contributed by atoms with Crippen molar-refractivity contribution in [3.63, 3.8) is 0 Å². The van der Waals surface area contributed by atoms with Crippen LogP contribution in [0.1, 0.15) is 11.3 Å². The van der Waals surface area contributed by atoms with Gasteiger partial charge in [0.05, 0.1) is 21.5 Å². The summed E-state index contributed by atoms with van der Waals surface area (Å²) in [5, 5.41) is 15.4. The van der Waals surface area contributed by atoms with Gasteiger partial charge in [0.2, 0.25) is 0 Å². The summed E-state index contributed by atoms with van der Waals surface area (Å²) < 4.78 is 3.03. The van der Waals surface area contributed by atoms with Gasteiger partial charge in [-0.1, -0.05) is 0 Å². The minimum Gasteiger partial charge on any atom is -0.281 e. The average Bonchev–Trinajstić information content (AvgIpc) is 3.05. The summed E-state index contributed by atoms with van der Waals surface area (Å²) in [6.45, 7) is 3.53. The van der Waals surface area contributed by atoms with Crippen molar-refractivity contribution in [1.29, 1.82) is 0 Å². The average molecular weight is 336 g/mol. The quantitative estimate of drug-likeness (QED) is 0.409. The molecule has 1 aromatic carbocycles. The fourth-order valence-corrected chi connectivity index (χ4v) is 2.95. The molecule has 0 spiro atoms. The molecule has 124 valence electrons. The topological polar surface area (TPSA) is 108 Å². The third-order valence-electron chi connectivity index (χ3n) is 4.11. The van der Waals surface area contributed by atoms with E-state index < -0.39 is 4.92 Å². The van der Waals surface area contributed by atoms with Crippen LogP contribution in [0.4, 0.5) is 5.69 Å². The summed E-state index contributed by atoms with van der Waals surface area (Å²) >= 11 is 0. The van der Waals surface area contributed by atoms with Crippen LogP contribution >= 0.6 is 0 Å². The van der Waals surface area contributed by atoms with Crippen molar-refractivity contribution >= 4 is 22.4 Å². The Labute approximate surface area is 140 Å². The van der Waals surface area contributed by atoms with Gasteiger partial charge in [-0.25, -0.2) is 4.98 Å². The zero-order chi connectivity index (χ0) is 17.7. The molecule has 0 aliphatic carbocycles. The van der Waals surface area contributed by atoms with E-state index in [4.69, 9.17) is 0 Å². The van der Waals surface area contributed by atoms with Crippen LogP contribution in [-0.2, 0) is 0 Å². The molecule has 0 amide bonds. The number of pyridine rings is 1. The highest BCUT2D eigenvalue weighted by atomic mass is 16.6. The second-order valence-corrected chi connectivity index (χ2v) is 5.68. The molecule has 0 bridgehead atoms. The Morgan fingerprint density at radius 1 is 1.16 bits per heavy atom. The zero-order valence-corrected chi connectivity index (χ0v) is 13.4. The van der Waals surface area contributed by atoms with Gasteiger partial charge in [-0.3, -0.25) is 19.5 Å². The van der Waals surface area contributed by atoms with E-state index in [1.54, 1.807) is 19.9 Å². The van der Waals surface area contributed by atoms with Gasteiger partial charge in [-0.05, 0) is 31.5 Å². The maximum absolute atomic E-state index is 13.0. The Kier molecular flexibility index (Phi) is 3.11. The molecule has 0 saturated heterocycles. The van der Waals surface area contributed by atoms with Crippen LogP contribution in [0.25, 0.3) is 22.4 Å². The van der Waals surface area contributed by atoms with Crippen LogP contribution in [-0.4, -0.2) is 29.1 Å². The van der Waals surface area contributed by atoms with E-state index in [1.807, 2.05) is 6.07 Å². The van der Waals surface area contributed by atoms with Crippen molar-refractivity contribution in [1.82, 2.24) is 24.1 Å². The lowest BCUT2D eigenvalue weighted by molar-refractivity contribution is -0.384. The number of non-ortho nitro benzene ring substituents is 1. The van der Waals surface area contributed by atoms with Crippen molar-refractivity contribution in [2.75, 3.05) is 0 Å². The Morgan fingerprint density at radius 3 is 2.68 bits per heavy atom. The molecule has 4 aromatic rings. The standard InChI is InChI=1S/C16H12N6O3/c1-9-5-11(22(24)25)3-4-13(9)20-10(2)6-14-12(15(20)23)7-17-16-18-8-19-21(14)16/h3-8H,1-2H3.